The molecule has 0 saturated carbocycles. The van der Waals surface area contributed by atoms with Crippen molar-refractivity contribution in [3.8, 4) is 0 Å². The third kappa shape index (κ3) is 5.41. The molecule has 29 heavy (non-hydrogen) atoms. The number of anilines is 1. The second kappa shape index (κ2) is 9.65. The Bertz CT molecular complexity index is 771. The Morgan fingerprint density at radius 2 is 1.66 bits per heavy atom. The molecule has 0 spiro atoms. The third-order valence-corrected chi connectivity index (χ3v) is 5.47. The molecule has 2 aliphatic rings. The molecule has 8 heteroatoms. The maximum absolute atomic E-state index is 12.4. The van der Waals surface area contributed by atoms with Crippen LogP contribution in [0.2, 0.25) is 0 Å². The number of amides is 4. The van der Waals surface area contributed by atoms with E-state index in [1.807, 2.05) is 29.2 Å². The van der Waals surface area contributed by atoms with E-state index in [1.165, 1.54) is 4.90 Å². The summed E-state index contributed by atoms with van der Waals surface area (Å²) in [5.74, 6) is -0.498. The van der Waals surface area contributed by atoms with Crippen molar-refractivity contribution in [1.82, 2.24) is 14.7 Å². The standard InChI is InChI=1S/C21H28N4O4/c1-2-16-5-3-4-6-17(16)22-18(26)15-23-11-13-24(14-12-23)19(27)9-10-25-20(28)7-8-21(25)29/h3-6H,2,7-15H2,1H3,(H,22,26). The third-order valence-electron chi connectivity index (χ3n) is 5.47. The average molecular weight is 400 g/mol. The number of carbonyl (C=O) groups is 4. The average Bonchev–Trinajstić information content (AvgIpc) is 3.04. The molecule has 2 heterocycles. The molecule has 0 aromatic heterocycles. The van der Waals surface area contributed by atoms with Crippen LogP contribution in [0.4, 0.5) is 5.69 Å². The smallest absolute Gasteiger partial charge is 0.238 e. The van der Waals surface area contributed by atoms with Crippen LogP contribution in [0.15, 0.2) is 24.3 Å². The Labute approximate surface area is 170 Å². The number of likely N-dealkylation sites (tertiary alicyclic amines) is 1. The van der Waals surface area contributed by atoms with Crippen molar-refractivity contribution < 1.29 is 19.2 Å². The highest BCUT2D eigenvalue weighted by molar-refractivity contribution is 6.02. The maximum atomic E-state index is 12.4. The summed E-state index contributed by atoms with van der Waals surface area (Å²) in [5.41, 5.74) is 1.95. The van der Waals surface area contributed by atoms with Gasteiger partial charge >= 0.3 is 0 Å². The van der Waals surface area contributed by atoms with Crippen LogP contribution in [0.1, 0.15) is 31.7 Å². The lowest BCUT2D eigenvalue weighted by molar-refractivity contribution is -0.139. The quantitative estimate of drug-likeness (QED) is 0.686. The Kier molecular flexibility index (Phi) is 6.98. The molecule has 0 bridgehead atoms. The van der Waals surface area contributed by atoms with Gasteiger partial charge in [0.15, 0.2) is 0 Å². The van der Waals surface area contributed by atoms with E-state index >= 15 is 0 Å². The number of benzene rings is 1. The number of nitrogens with zero attached hydrogens (tertiary/aromatic N) is 3. The molecule has 2 aliphatic heterocycles. The molecule has 4 amide bonds. The van der Waals surface area contributed by atoms with Crippen molar-refractivity contribution in [1.29, 1.82) is 0 Å². The summed E-state index contributed by atoms with van der Waals surface area (Å²) >= 11 is 0. The fourth-order valence-electron chi connectivity index (χ4n) is 3.74. The number of rotatable bonds is 7. The van der Waals surface area contributed by atoms with Gasteiger partial charge in [0.1, 0.15) is 0 Å². The fourth-order valence-corrected chi connectivity index (χ4v) is 3.74. The number of nitrogens with one attached hydrogen (secondary N) is 1. The highest BCUT2D eigenvalue weighted by atomic mass is 16.2. The molecule has 1 N–H and O–H groups in total. The first kappa shape index (κ1) is 21.0. The van der Waals surface area contributed by atoms with Gasteiger partial charge in [-0.3, -0.25) is 29.0 Å². The Morgan fingerprint density at radius 1 is 1.00 bits per heavy atom. The lowest BCUT2D eigenvalue weighted by atomic mass is 10.1. The lowest BCUT2D eigenvalue weighted by Crippen LogP contribution is -2.51. The van der Waals surface area contributed by atoms with E-state index in [-0.39, 0.29) is 56.0 Å². The predicted octanol–water partition coefficient (Wildman–Crippen LogP) is 0.871. The molecular formula is C21H28N4O4. The van der Waals surface area contributed by atoms with Gasteiger partial charge in [-0.05, 0) is 18.1 Å². The second-order valence-electron chi connectivity index (χ2n) is 7.40. The number of piperazine rings is 1. The normalized spacial score (nSPS) is 17.7. The summed E-state index contributed by atoms with van der Waals surface area (Å²) in [6.45, 7) is 4.83. The minimum atomic E-state index is -0.191. The Hall–Kier alpha value is -2.74. The van der Waals surface area contributed by atoms with Gasteiger partial charge in [-0.15, -0.1) is 0 Å². The summed E-state index contributed by atoms with van der Waals surface area (Å²) in [6.07, 6.45) is 1.50. The van der Waals surface area contributed by atoms with Crippen molar-refractivity contribution in [2.24, 2.45) is 0 Å². The highest BCUT2D eigenvalue weighted by Gasteiger charge is 2.30. The van der Waals surface area contributed by atoms with Gasteiger partial charge < -0.3 is 10.2 Å². The first-order valence-corrected chi connectivity index (χ1v) is 10.2. The molecule has 0 atom stereocenters. The van der Waals surface area contributed by atoms with Crippen LogP contribution in [-0.4, -0.2) is 77.6 Å². The number of para-hydroxylation sites is 1. The van der Waals surface area contributed by atoms with Crippen LogP contribution < -0.4 is 5.32 Å². The van der Waals surface area contributed by atoms with Crippen molar-refractivity contribution >= 4 is 29.3 Å². The fraction of sp³-hybridized carbons (Fsp3) is 0.524. The van der Waals surface area contributed by atoms with Crippen molar-refractivity contribution in [2.75, 3.05) is 44.6 Å². The molecule has 2 saturated heterocycles. The predicted molar refractivity (Wildman–Crippen MR) is 108 cm³/mol. The molecule has 3 rings (SSSR count). The molecule has 8 nitrogen and oxygen atoms in total. The lowest BCUT2D eigenvalue weighted by Gasteiger charge is -2.34. The Balaban J connectivity index is 1.40. The van der Waals surface area contributed by atoms with Gasteiger partial charge in [0, 0.05) is 57.7 Å². The molecule has 0 radical (unpaired) electrons. The number of imide groups is 1. The zero-order valence-electron chi connectivity index (χ0n) is 16.9. The Morgan fingerprint density at radius 3 is 2.31 bits per heavy atom. The van der Waals surface area contributed by atoms with Crippen molar-refractivity contribution in [3.63, 3.8) is 0 Å². The van der Waals surface area contributed by atoms with Gasteiger partial charge in [0.2, 0.25) is 23.6 Å². The molecule has 0 unspecified atom stereocenters. The summed E-state index contributed by atoms with van der Waals surface area (Å²) < 4.78 is 0. The highest BCUT2D eigenvalue weighted by Crippen LogP contribution is 2.16. The number of carbonyl (C=O) groups excluding carboxylic acids is 4. The molecule has 1 aromatic rings. The number of hydrogen-bond acceptors (Lipinski definition) is 5. The molecule has 2 fully saturated rings. The van der Waals surface area contributed by atoms with E-state index in [2.05, 4.69) is 12.2 Å². The van der Waals surface area contributed by atoms with Gasteiger partial charge in [-0.1, -0.05) is 25.1 Å². The van der Waals surface area contributed by atoms with Crippen molar-refractivity contribution in [2.45, 2.75) is 32.6 Å². The van der Waals surface area contributed by atoms with E-state index < -0.39 is 0 Å². The topological polar surface area (TPSA) is 90.0 Å². The minimum Gasteiger partial charge on any atom is -0.340 e. The summed E-state index contributed by atoms with van der Waals surface area (Å²) in [4.78, 5) is 53.0. The first-order chi connectivity index (χ1) is 14.0. The van der Waals surface area contributed by atoms with E-state index in [9.17, 15) is 19.2 Å². The van der Waals surface area contributed by atoms with Crippen LogP contribution in [0.25, 0.3) is 0 Å². The summed E-state index contributed by atoms with van der Waals surface area (Å²) in [7, 11) is 0. The summed E-state index contributed by atoms with van der Waals surface area (Å²) in [5, 5.41) is 2.97. The van der Waals surface area contributed by atoms with Gasteiger partial charge in [0.05, 0.1) is 6.54 Å². The van der Waals surface area contributed by atoms with Gasteiger partial charge in [-0.25, -0.2) is 0 Å². The number of aryl methyl sites for hydroxylation is 1. The molecular weight excluding hydrogens is 372 g/mol. The van der Waals surface area contributed by atoms with E-state index in [0.717, 1.165) is 17.7 Å². The molecule has 1 aromatic carbocycles. The van der Waals surface area contributed by atoms with Crippen LogP contribution in [0.3, 0.4) is 0 Å². The number of hydrogen-bond donors (Lipinski definition) is 1. The van der Waals surface area contributed by atoms with Gasteiger partial charge in [-0.2, -0.15) is 0 Å². The monoisotopic (exact) mass is 400 g/mol. The van der Waals surface area contributed by atoms with Crippen LogP contribution in [-0.2, 0) is 25.6 Å². The van der Waals surface area contributed by atoms with Crippen LogP contribution >= 0.6 is 0 Å². The van der Waals surface area contributed by atoms with Gasteiger partial charge in [0.25, 0.3) is 0 Å². The van der Waals surface area contributed by atoms with E-state index in [1.54, 1.807) is 4.90 Å². The molecule has 156 valence electrons. The first-order valence-electron chi connectivity index (χ1n) is 10.2. The maximum Gasteiger partial charge on any atom is 0.238 e. The minimum absolute atomic E-state index is 0.0570. The van der Waals surface area contributed by atoms with Crippen LogP contribution in [0, 0.1) is 0 Å². The largest absolute Gasteiger partial charge is 0.340 e. The summed E-state index contributed by atoms with van der Waals surface area (Å²) in [6, 6.07) is 7.77. The SMILES string of the molecule is CCc1ccccc1NC(=O)CN1CCN(C(=O)CCN2C(=O)CCC2=O)CC1. The van der Waals surface area contributed by atoms with Crippen molar-refractivity contribution in [3.05, 3.63) is 29.8 Å². The van der Waals surface area contributed by atoms with E-state index in [4.69, 9.17) is 0 Å². The molecule has 0 aliphatic carbocycles. The van der Waals surface area contributed by atoms with Crippen LogP contribution in [0.5, 0.6) is 0 Å². The zero-order valence-corrected chi connectivity index (χ0v) is 16.9. The zero-order chi connectivity index (χ0) is 20.8. The van der Waals surface area contributed by atoms with E-state index in [0.29, 0.717) is 26.2 Å². The second-order valence-corrected chi connectivity index (χ2v) is 7.40.